The van der Waals surface area contributed by atoms with E-state index in [0.717, 1.165) is 0 Å². The lowest BCUT2D eigenvalue weighted by Gasteiger charge is -2.12. The second kappa shape index (κ2) is 5.30. The molecule has 0 spiro atoms. The number of nitrogens with zero attached hydrogens (tertiary/aromatic N) is 2. The van der Waals surface area contributed by atoms with Crippen LogP contribution in [-0.2, 0) is 0 Å². The number of aryl methyl sites for hydroxylation is 1. The second-order valence-electron chi connectivity index (χ2n) is 4.28. The summed E-state index contributed by atoms with van der Waals surface area (Å²) >= 11 is 0. The molecule has 19 heavy (non-hydrogen) atoms. The maximum Gasteiger partial charge on any atom is 0.138 e. The van der Waals surface area contributed by atoms with E-state index in [1.165, 1.54) is 18.5 Å². The van der Waals surface area contributed by atoms with Crippen molar-refractivity contribution < 1.29 is 8.78 Å². The monoisotopic (exact) mass is 263 g/mol. The minimum Gasteiger partial charge on any atom is -0.370 e. The first kappa shape index (κ1) is 13.4. The summed E-state index contributed by atoms with van der Waals surface area (Å²) in [7, 11) is 0. The SMILES string of the molecule is CCNc1ncnc(-c2c(F)ccc(C)c2F)c1C. The Morgan fingerprint density at radius 1 is 1.16 bits per heavy atom. The number of aromatic nitrogens is 2. The van der Waals surface area contributed by atoms with Gasteiger partial charge in [-0.15, -0.1) is 0 Å². The molecular formula is C14H15F2N3. The largest absolute Gasteiger partial charge is 0.370 e. The highest BCUT2D eigenvalue weighted by atomic mass is 19.1. The zero-order valence-electron chi connectivity index (χ0n) is 11.1. The van der Waals surface area contributed by atoms with Crippen LogP contribution in [0.1, 0.15) is 18.1 Å². The van der Waals surface area contributed by atoms with E-state index < -0.39 is 11.6 Å². The summed E-state index contributed by atoms with van der Waals surface area (Å²) in [6, 6.07) is 2.66. The first-order valence-electron chi connectivity index (χ1n) is 6.06. The molecule has 0 aliphatic rings. The van der Waals surface area contributed by atoms with E-state index in [0.29, 0.717) is 23.5 Å². The number of anilines is 1. The fraction of sp³-hybridized carbons (Fsp3) is 0.286. The van der Waals surface area contributed by atoms with E-state index in [9.17, 15) is 8.78 Å². The van der Waals surface area contributed by atoms with E-state index in [4.69, 9.17) is 0 Å². The van der Waals surface area contributed by atoms with Gasteiger partial charge in [-0.2, -0.15) is 0 Å². The van der Waals surface area contributed by atoms with Crippen LogP contribution in [0.2, 0.25) is 0 Å². The Morgan fingerprint density at radius 3 is 2.58 bits per heavy atom. The average molecular weight is 263 g/mol. The van der Waals surface area contributed by atoms with Crippen molar-refractivity contribution in [1.29, 1.82) is 0 Å². The average Bonchev–Trinajstić information content (AvgIpc) is 2.39. The molecule has 1 heterocycles. The molecular weight excluding hydrogens is 248 g/mol. The van der Waals surface area contributed by atoms with E-state index in [1.54, 1.807) is 13.8 Å². The van der Waals surface area contributed by atoms with Gasteiger partial charge in [0, 0.05) is 12.1 Å². The minimum absolute atomic E-state index is 0.0981. The van der Waals surface area contributed by atoms with Gasteiger partial charge in [0.05, 0.1) is 11.3 Å². The number of rotatable bonds is 3. The van der Waals surface area contributed by atoms with Gasteiger partial charge in [0.2, 0.25) is 0 Å². The third-order valence-electron chi connectivity index (χ3n) is 2.95. The molecule has 2 aromatic rings. The van der Waals surface area contributed by atoms with Gasteiger partial charge in [0.25, 0.3) is 0 Å². The molecule has 0 aliphatic heterocycles. The Hall–Kier alpha value is -2.04. The Kier molecular flexibility index (Phi) is 3.74. The van der Waals surface area contributed by atoms with E-state index >= 15 is 0 Å². The van der Waals surface area contributed by atoms with Gasteiger partial charge < -0.3 is 5.32 Å². The van der Waals surface area contributed by atoms with Crippen molar-refractivity contribution in [3.63, 3.8) is 0 Å². The summed E-state index contributed by atoms with van der Waals surface area (Å²) in [5.74, 6) is -0.607. The number of nitrogens with one attached hydrogen (secondary N) is 1. The zero-order chi connectivity index (χ0) is 14.0. The molecule has 3 nitrogen and oxygen atoms in total. The molecule has 0 fully saturated rings. The second-order valence-corrected chi connectivity index (χ2v) is 4.28. The third-order valence-corrected chi connectivity index (χ3v) is 2.95. The normalized spacial score (nSPS) is 10.6. The van der Waals surface area contributed by atoms with Gasteiger partial charge in [-0.1, -0.05) is 6.07 Å². The molecule has 0 bridgehead atoms. The van der Waals surface area contributed by atoms with Crippen molar-refractivity contribution in [2.24, 2.45) is 0 Å². The van der Waals surface area contributed by atoms with Crippen molar-refractivity contribution in [3.8, 4) is 11.3 Å². The first-order valence-corrected chi connectivity index (χ1v) is 6.06. The fourth-order valence-corrected chi connectivity index (χ4v) is 1.92. The minimum atomic E-state index is -0.618. The van der Waals surface area contributed by atoms with Gasteiger partial charge >= 0.3 is 0 Å². The lowest BCUT2D eigenvalue weighted by molar-refractivity contribution is 0.582. The molecule has 1 aromatic heterocycles. The smallest absolute Gasteiger partial charge is 0.138 e. The van der Waals surface area contributed by atoms with Crippen LogP contribution in [0.25, 0.3) is 11.3 Å². The Morgan fingerprint density at radius 2 is 1.89 bits per heavy atom. The Balaban J connectivity index is 2.66. The van der Waals surface area contributed by atoms with Crippen molar-refractivity contribution in [3.05, 3.63) is 41.2 Å². The number of halogens is 2. The standard InChI is InChI=1S/C14H15F2N3/c1-4-17-14-9(3)13(18-7-19-14)11-10(15)6-5-8(2)12(11)16/h5-7H,4H2,1-3H3,(H,17,18,19). The summed E-state index contributed by atoms with van der Waals surface area (Å²) in [4.78, 5) is 8.09. The van der Waals surface area contributed by atoms with E-state index in [2.05, 4.69) is 15.3 Å². The summed E-state index contributed by atoms with van der Waals surface area (Å²) in [6.07, 6.45) is 1.31. The zero-order valence-corrected chi connectivity index (χ0v) is 11.1. The molecule has 5 heteroatoms. The molecule has 100 valence electrons. The lowest BCUT2D eigenvalue weighted by Crippen LogP contribution is -2.05. The maximum absolute atomic E-state index is 14.1. The van der Waals surface area contributed by atoms with E-state index in [1.807, 2.05) is 6.92 Å². The van der Waals surface area contributed by atoms with Crippen LogP contribution in [-0.4, -0.2) is 16.5 Å². The molecule has 0 atom stereocenters. The fourth-order valence-electron chi connectivity index (χ4n) is 1.92. The van der Waals surface area contributed by atoms with Crippen molar-refractivity contribution in [1.82, 2.24) is 9.97 Å². The van der Waals surface area contributed by atoms with Gasteiger partial charge in [-0.25, -0.2) is 18.7 Å². The van der Waals surface area contributed by atoms with Crippen molar-refractivity contribution >= 4 is 5.82 Å². The van der Waals surface area contributed by atoms with Gasteiger partial charge in [0.1, 0.15) is 23.8 Å². The highest BCUT2D eigenvalue weighted by Gasteiger charge is 2.18. The van der Waals surface area contributed by atoms with Crippen LogP contribution in [0.15, 0.2) is 18.5 Å². The van der Waals surface area contributed by atoms with Crippen molar-refractivity contribution in [2.75, 3.05) is 11.9 Å². The molecule has 1 N–H and O–H groups in total. The topological polar surface area (TPSA) is 37.8 Å². The van der Waals surface area contributed by atoms with Gasteiger partial charge in [-0.05, 0) is 32.4 Å². The number of benzene rings is 1. The van der Waals surface area contributed by atoms with Crippen LogP contribution in [0.4, 0.5) is 14.6 Å². The Labute approximate surface area is 110 Å². The van der Waals surface area contributed by atoms with Gasteiger partial charge in [0.15, 0.2) is 0 Å². The summed E-state index contributed by atoms with van der Waals surface area (Å²) in [5, 5.41) is 3.04. The lowest BCUT2D eigenvalue weighted by atomic mass is 10.0. The molecule has 2 rings (SSSR count). The molecule has 0 radical (unpaired) electrons. The molecule has 0 amide bonds. The van der Waals surface area contributed by atoms with Crippen LogP contribution < -0.4 is 5.32 Å². The predicted octanol–water partition coefficient (Wildman–Crippen LogP) is 3.47. The predicted molar refractivity (Wildman–Crippen MR) is 71.0 cm³/mol. The van der Waals surface area contributed by atoms with Crippen LogP contribution in [0.5, 0.6) is 0 Å². The van der Waals surface area contributed by atoms with Crippen LogP contribution in [0.3, 0.4) is 0 Å². The summed E-state index contributed by atoms with van der Waals surface area (Å²) < 4.78 is 28.0. The molecule has 0 saturated carbocycles. The van der Waals surface area contributed by atoms with Crippen LogP contribution in [0, 0.1) is 25.5 Å². The molecule has 1 aromatic carbocycles. The van der Waals surface area contributed by atoms with E-state index in [-0.39, 0.29) is 11.3 Å². The summed E-state index contributed by atoms with van der Waals surface area (Å²) in [5.41, 5.74) is 1.20. The molecule has 0 aliphatic carbocycles. The highest BCUT2D eigenvalue weighted by molar-refractivity contribution is 5.69. The van der Waals surface area contributed by atoms with Crippen molar-refractivity contribution in [2.45, 2.75) is 20.8 Å². The summed E-state index contributed by atoms with van der Waals surface area (Å²) in [6.45, 7) is 5.94. The maximum atomic E-state index is 14.1. The molecule has 0 saturated heterocycles. The number of hydrogen-bond donors (Lipinski definition) is 1. The third kappa shape index (κ3) is 2.41. The quantitative estimate of drug-likeness (QED) is 0.921. The highest BCUT2D eigenvalue weighted by Crippen LogP contribution is 2.30. The van der Waals surface area contributed by atoms with Crippen LogP contribution >= 0.6 is 0 Å². The molecule has 0 unspecified atom stereocenters. The first-order chi connectivity index (χ1) is 9.06. The number of hydrogen-bond acceptors (Lipinski definition) is 3. The van der Waals surface area contributed by atoms with Gasteiger partial charge in [-0.3, -0.25) is 0 Å². The Bertz CT molecular complexity index is 612.